The highest BCUT2D eigenvalue weighted by molar-refractivity contribution is 5.74. The Bertz CT molecular complexity index is 508. The fourth-order valence-electron chi connectivity index (χ4n) is 3.34. The highest BCUT2D eigenvalue weighted by atomic mass is 16.3. The normalized spacial score (nSPS) is 18.6. The fourth-order valence-corrected chi connectivity index (χ4v) is 3.34. The maximum atomic E-state index is 12.2. The number of nitrogens with zero attached hydrogens (tertiary/aromatic N) is 1. The molecule has 1 aromatic carbocycles. The number of aryl methyl sites for hydroxylation is 2. The Morgan fingerprint density at radius 2 is 2.00 bits per heavy atom. The largest absolute Gasteiger partial charge is 0.396 e. The first kappa shape index (κ1) is 14.4. The van der Waals surface area contributed by atoms with E-state index in [1.54, 1.807) is 0 Å². The van der Waals surface area contributed by atoms with Gasteiger partial charge in [-0.1, -0.05) is 18.2 Å². The lowest BCUT2D eigenvalue weighted by Crippen LogP contribution is -2.44. The van der Waals surface area contributed by atoms with Crippen LogP contribution in [-0.4, -0.2) is 35.7 Å². The summed E-state index contributed by atoms with van der Waals surface area (Å²) in [6.07, 6.45) is 5.43. The zero-order chi connectivity index (χ0) is 14.7. The summed E-state index contributed by atoms with van der Waals surface area (Å²) in [5.41, 5.74) is 4.11. The van der Waals surface area contributed by atoms with Crippen molar-refractivity contribution in [3.8, 4) is 0 Å². The lowest BCUT2D eigenvalue weighted by atomic mass is 9.98. The van der Waals surface area contributed by atoms with E-state index in [4.69, 9.17) is 5.11 Å². The van der Waals surface area contributed by atoms with Crippen LogP contribution < -0.4 is 5.32 Å². The highest BCUT2D eigenvalue weighted by Crippen LogP contribution is 2.23. The number of urea groups is 1. The summed E-state index contributed by atoms with van der Waals surface area (Å²) in [6.45, 7) is 2.35. The van der Waals surface area contributed by atoms with Crippen molar-refractivity contribution in [3.05, 3.63) is 34.9 Å². The molecule has 0 spiro atoms. The Morgan fingerprint density at radius 3 is 2.76 bits per heavy atom. The average Bonchev–Trinajstić information content (AvgIpc) is 3.00. The van der Waals surface area contributed by atoms with E-state index in [-0.39, 0.29) is 12.6 Å². The molecule has 21 heavy (non-hydrogen) atoms. The predicted octanol–water partition coefficient (Wildman–Crippen LogP) is 2.09. The lowest BCUT2D eigenvalue weighted by Gasteiger charge is -2.31. The van der Waals surface area contributed by atoms with E-state index in [9.17, 15) is 4.79 Å². The minimum atomic E-state index is 0.0203. The number of aliphatic hydroxyl groups excluding tert-OH is 1. The van der Waals surface area contributed by atoms with E-state index >= 15 is 0 Å². The van der Waals surface area contributed by atoms with Gasteiger partial charge in [0, 0.05) is 26.2 Å². The second-order valence-electron chi connectivity index (χ2n) is 6.23. The lowest BCUT2D eigenvalue weighted by molar-refractivity contribution is 0.137. The molecular weight excluding hydrogens is 264 g/mol. The number of carbonyl (C=O) groups excluding carboxylic acids is 1. The fraction of sp³-hybridized carbons (Fsp3) is 0.588. The number of aliphatic hydroxyl groups is 1. The molecule has 0 bridgehead atoms. The number of hydrogen-bond acceptors (Lipinski definition) is 2. The van der Waals surface area contributed by atoms with Crippen molar-refractivity contribution < 1.29 is 9.90 Å². The Hall–Kier alpha value is -1.55. The van der Waals surface area contributed by atoms with Crippen LogP contribution in [0.1, 0.15) is 36.0 Å². The van der Waals surface area contributed by atoms with Crippen molar-refractivity contribution >= 4 is 6.03 Å². The van der Waals surface area contributed by atoms with Crippen LogP contribution in [0, 0.1) is 5.92 Å². The Kier molecular flexibility index (Phi) is 4.44. The minimum Gasteiger partial charge on any atom is -0.396 e. The molecule has 0 saturated carbocycles. The second kappa shape index (κ2) is 6.48. The van der Waals surface area contributed by atoms with E-state index in [0.29, 0.717) is 12.5 Å². The van der Waals surface area contributed by atoms with Crippen LogP contribution in [0.3, 0.4) is 0 Å². The molecule has 0 aromatic heterocycles. The highest BCUT2D eigenvalue weighted by Gasteiger charge is 2.22. The number of fused-ring (bicyclic) bond motifs is 1. The van der Waals surface area contributed by atoms with Crippen molar-refractivity contribution in [3.63, 3.8) is 0 Å². The SMILES string of the molecule is O=C(NCc1ccc2c(c1)CCC2)N1CCC(CO)CC1. The van der Waals surface area contributed by atoms with Crippen LogP contribution in [0.25, 0.3) is 0 Å². The van der Waals surface area contributed by atoms with Crippen LogP contribution in [0.2, 0.25) is 0 Å². The number of amides is 2. The van der Waals surface area contributed by atoms with Gasteiger partial charge in [0.1, 0.15) is 0 Å². The third-order valence-corrected chi connectivity index (χ3v) is 4.77. The molecule has 0 radical (unpaired) electrons. The third-order valence-electron chi connectivity index (χ3n) is 4.77. The molecule has 1 heterocycles. The summed E-state index contributed by atoms with van der Waals surface area (Å²) in [4.78, 5) is 14.0. The van der Waals surface area contributed by atoms with Crippen LogP contribution >= 0.6 is 0 Å². The van der Waals surface area contributed by atoms with Crippen LogP contribution in [0.4, 0.5) is 4.79 Å². The van der Waals surface area contributed by atoms with E-state index in [2.05, 4.69) is 23.5 Å². The van der Waals surface area contributed by atoms with Crippen molar-refractivity contribution in [1.29, 1.82) is 0 Å². The molecule has 4 nitrogen and oxygen atoms in total. The molecule has 4 heteroatoms. The number of nitrogens with one attached hydrogen (secondary N) is 1. The molecule has 1 saturated heterocycles. The molecule has 114 valence electrons. The van der Waals surface area contributed by atoms with Gasteiger partial charge in [-0.3, -0.25) is 0 Å². The number of hydrogen-bond donors (Lipinski definition) is 2. The maximum absolute atomic E-state index is 12.2. The van der Waals surface area contributed by atoms with E-state index in [1.165, 1.54) is 36.0 Å². The average molecular weight is 288 g/mol. The summed E-state index contributed by atoms with van der Waals surface area (Å²) in [5, 5.41) is 12.1. The molecule has 0 atom stereocenters. The van der Waals surface area contributed by atoms with E-state index in [0.717, 1.165) is 25.9 Å². The van der Waals surface area contributed by atoms with Gasteiger partial charge in [-0.2, -0.15) is 0 Å². The Morgan fingerprint density at radius 1 is 1.24 bits per heavy atom. The number of carbonyl (C=O) groups is 1. The molecular formula is C17H24N2O2. The molecule has 1 aliphatic carbocycles. The summed E-state index contributed by atoms with van der Waals surface area (Å²) in [6, 6.07) is 6.59. The van der Waals surface area contributed by atoms with Gasteiger partial charge in [0.15, 0.2) is 0 Å². The van der Waals surface area contributed by atoms with Gasteiger partial charge in [0.2, 0.25) is 0 Å². The zero-order valence-corrected chi connectivity index (χ0v) is 12.5. The molecule has 2 aliphatic rings. The quantitative estimate of drug-likeness (QED) is 0.895. The van der Waals surface area contributed by atoms with Crippen LogP contribution in [0.15, 0.2) is 18.2 Å². The molecule has 1 fully saturated rings. The van der Waals surface area contributed by atoms with E-state index in [1.807, 2.05) is 4.90 Å². The number of rotatable bonds is 3. The van der Waals surface area contributed by atoms with Crippen molar-refractivity contribution in [2.75, 3.05) is 19.7 Å². The van der Waals surface area contributed by atoms with Gasteiger partial charge in [-0.05, 0) is 54.7 Å². The second-order valence-corrected chi connectivity index (χ2v) is 6.23. The smallest absolute Gasteiger partial charge is 0.317 e. The first-order chi connectivity index (χ1) is 10.3. The van der Waals surface area contributed by atoms with Gasteiger partial charge in [0.05, 0.1) is 0 Å². The number of benzene rings is 1. The molecule has 0 unspecified atom stereocenters. The molecule has 2 amide bonds. The first-order valence-corrected chi connectivity index (χ1v) is 8.00. The van der Waals surface area contributed by atoms with Crippen molar-refractivity contribution in [2.24, 2.45) is 5.92 Å². The van der Waals surface area contributed by atoms with Gasteiger partial charge < -0.3 is 15.3 Å². The molecule has 1 aromatic rings. The third kappa shape index (κ3) is 3.38. The number of piperidine rings is 1. The zero-order valence-electron chi connectivity index (χ0n) is 12.5. The minimum absolute atomic E-state index is 0.0203. The van der Waals surface area contributed by atoms with Crippen LogP contribution in [-0.2, 0) is 19.4 Å². The van der Waals surface area contributed by atoms with Gasteiger partial charge in [-0.15, -0.1) is 0 Å². The summed E-state index contributed by atoms with van der Waals surface area (Å²) < 4.78 is 0. The van der Waals surface area contributed by atoms with Crippen molar-refractivity contribution in [1.82, 2.24) is 10.2 Å². The predicted molar refractivity (Wildman–Crippen MR) is 82.1 cm³/mol. The first-order valence-electron chi connectivity index (χ1n) is 8.00. The Labute approximate surface area is 126 Å². The van der Waals surface area contributed by atoms with Crippen molar-refractivity contribution in [2.45, 2.75) is 38.6 Å². The number of likely N-dealkylation sites (tertiary alicyclic amines) is 1. The van der Waals surface area contributed by atoms with Gasteiger partial charge in [-0.25, -0.2) is 4.79 Å². The van der Waals surface area contributed by atoms with Gasteiger partial charge >= 0.3 is 6.03 Å². The summed E-state index contributed by atoms with van der Waals surface area (Å²) in [5.74, 6) is 0.366. The Balaban J connectivity index is 1.50. The molecule has 2 N–H and O–H groups in total. The van der Waals surface area contributed by atoms with Gasteiger partial charge in [0.25, 0.3) is 0 Å². The topological polar surface area (TPSA) is 52.6 Å². The molecule has 3 rings (SSSR count). The summed E-state index contributed by atoms with van der Waals surface area (Å²) >= 11 is 0. The van der Waals surface area contributed by atoms with Crippen LogP contribution in [0.5, 0.6) is 0 Å². The summed E-state index contributed by atoms with van der Waals surface area (Å²) in [7, 11) is 0. The van der Waals surface area contributed by atoms with E-state index < -0.39 is 0 Å². The monoisotopic (exact) mass is 288 g/mol. The standard InChI is InChI=1S/C17H24N2O2/c20-12-13-6-8-19(9-7-13)17(21)18-11-14-4-5-15-2-1-3-16(15)10-14/h4-5,10,13,20H,1-3,6-9,11-12H2,(H,18,21). The molecule has 1 aliphatic heterocycles. The maximum Gasteiger partial charge on any atom is 0.317 e.